The van der Waals surface area contributed by atoms with Crippen LogP contribution in [0.2, 0.25) is 0 Å². The van der Waals surface area contributed by atoms with Crippen LogP contribution in [-0.2, 0) is 0 Å². The highest BCUT2D eigenvalue weighted by molar-refractivity contribution is 5.32. The predicted octanol–water partition coefficient (Wildman–Crippen LogP) is 2.88. The van der Waals surface area contributed by atoms with Gasteiger partial charge in [0.05, 0.1) is 7.11 Å². The molecule has 1 rings (SSSR count). The molecule has 0 aromatic heterocycles. The van der Waals surface area contributed by atoms with Gasteiger partial charge in [-0.05, 0) is 23.6 Å². The number of methoxy groups -OCH3 is 1. The summed E-state index contributed by atoms with van der Waals surface area (Å²) in [6.07, 6.45) is 1.00. The van der Waals surface area contributed by atoms with Gasteiger partial charge < -0.3 is 10.5 Å². The van der Waals surface area contributed by atoms with Crippen molar-refractivity contribution >= 4 is 0 Å². The molecular weight excluding hydrogens is 193 g/mol. The van der Waals surface area contributed by atoms with Gasteiger partial charge in [-0.2, -0.15) is 0 Å². The fraction of sp³-hybridized carbons (Fsp3) is 0.500. The highest BCUT2D eigenvalue weighted by atomic mass is 19.1. The first-order valence-corrected chi connectivity index (χ1v) is 5.19. The minimum absolute atomic E-state index is 0.0653. The van der Waals surface area contributed by atoms with Crippen LogP contribution in [0.1, 0.15) is 31.9 Å². The second-order valence-electron chi connectivity index (χ2n) is 3.81. The van der Waals surface area contributed by atoms with Crippen molar-refractivity contribution in [3.05, 3.63) is 29.6 Å². The molecule has 2 atom stereocenters. The molecule has 0 bridgehead atoms. The standard InChI is InChI=1S/C12H18FNO/c1-4-8(2)12(14)9-5-6-10(13)11(7-9)15-3/h5-8,12H,4,14H2,1-3H3/t8?,12-/m0/s1. The molecule has 1 aromatic carbocycles. The zero-order valence-corrected chi connectivity index (χ0v) is 9.46. The summed E-state index contributed by atoms with van der Waals surface area (Å²) in [5, 5.41) is 0. The summed E-state index contributed by atoms with van der Waals surface area (Å²) >= 11 is 0. The molecule has 2 nitrogen and oxygen atoms in total. The van der Waals surface area contributed by atoms with Gasteiger partial charge in [0.15, 0.2) is 11.6 Å². The zero-order valence-electron chi connectivity index (χ0n) is 9.46. The summed E-state index contributed by atoms with van der Waals surface area (Å²) in [6, 6.07) is 4.72. The number of rotatable bonds is 4. The molecule has 0 aliphatic rings. The highest BCUT2D eigenvalue weighted by Gasteiger charge is 2.14. The third-order valence-electron chi connectivity index (χ3n) is 2.82. The van der Waals surface area contributed by atoms with Crippen molar-refractivity contribution in [3.63, 3.8) is 0 Å². The lowest BCUT2D eigenvalue weighted by molar-refractivity contribution is 0.383. The molecule has 0 amide bonds. The van der Waals surface area contributed by atoms with Crippen molar-refractivity contribution in [3.8, 4) is 5.75 Å². The Balaban J connectivity index is 2.95. The van der Waals surface area contributed by atoms with E-state index >= 15 is 0 Å². The van der Waals surface area contributed by atoms with Gasteiger partial charge in [0.25, 0.3) is 0 Å². The molecule has 0 radical (unpaired) electrons. The van der Waals surface area contributed by atoms with Crippen LogP contribution in [0.15, 0.2) is 18.2 Å². The van der Waals surface area contributed by atoms with Crippen molar-refractivity contribution in [1.29, 1.82) is 0 Å². The largest absolute Gasteiger partial charge is 0.494 e. The second kappa shape index (κ2) is 5.12. The number of hydrogen-bond donors (Lipinski definition) is 1. The van der Waals surface area contributed by atoms with Crippen molar-refractivity contribution in [2.75, 3.05) is 7.11 Å². The van der Waals surface area contributed by atoms with E-state index in [0.717, 1.165) is 12.0 Å². The van der Waals surface area contributed by atoms with E-state index in [9.17, 15) is 4.39 Å². The zero-order chi connectivity index (χ0) is 11.4. The average Bonchev–Trinajstić information content (AvgIpc) is 2.27. The Hall–Kier alpha value is -1.09. The molecule has 0 saturated heterocycles. The van der Waals surface area contributed by atoms with Crippen LogP contribution in [0.3, 0.4) is 0 Å². The molecule has 1 aromatic rings. The summed E-state index contributed by atoms with van der Waals surface area (Å²) in [4.78, 5) is 0. The molecule has 0 saturated carbocycles. The fourth-order valence-corrected chi connectivity index (χ4v) is 1.47. The quantitative estimate of drug-likeness (QED) is 0.831. The fourth-order valence-electron chi connectivity index (χ4n) is 1.47. The van der Waals surface area contributed by atoms with E-state index in [1.54, 1.807) is 12.1 Å². The van der Waals surface area contributed by atoms with Gasteiger partial charge in [0.2, 0.25) is 0 Å². The van der Waals surface area contributed by atoms with Crippen LogP contribution in [0, 0.1) is 11.7 Å². The van der Waals surface area contributed by atoms with Gasteiger partial charge in [-0.3, -0.25) is 0 Å². The number of ether oxygens (including phenoxy) is 1. The lowest BCUT2D eigenvalue weighted by Crippen LogP contribution is -2.18. The summed E-state index contributed by atoms with van der Waals surface area (Å²) in [5.41, 5.74) is 6.96. The van der Waals surface area contributed by atoms with E-state index in [1.165, 1.54) is 13.2 Å². The molecule has 1 unspecified atom stereocenters. The van der Waals surface area contributed by atoms with Crippen molar-refractivity contribution in [2.24, 2.45) is 11.7 Å². The Morgan fingerprint density at radius 2 is 2.13 bits per heavy atom. The van der Waals surface area contributed by atoms with Gasteiger partial charge in [-0.15, -0.1) is 0 Å². The van der Waals surface area contributed by atoms with Crippen LogP contribution in [0.5, 0.6) is 5.75 Å². The third-order valence-corrected chi connectivity index (χ3v) is 2.82. The first-order chi connectivity index (χ1) is 7.10. The molecule has 84 valence electrons. The van der Waals surface area contributed by atoms with Crippen molar-refractivity contribution in [2.45, 2.75) is 26.3 Å². The Morgan fingerprint density at radius 1 is 1.47 bits per heavy atom. The molecule has 0 fully saturated rings. The van der Waals surface area contributed by atoms with Crippen LogP contribution in [0.25, 0.3) is 0 Å². The maximum atomic E-state index is 13.2. The number of hydrogen-bond acceptors (Lipinski definition) is 2. The minimum atomic E-state index is -0.349. The molecule has 0 heterocycles. The van der Waals surface area contributed by atoms with Gasteiger partial charge in [-0.1, -0.05) is 26.3 Å². The smallest absolute Gasteiger partial charge is 0.165 e. The predicted molar refractivity (Wildman–Crippen MR) is 59.3 cm³/mol. The van der Waals surface area contributed by atoms with E-state index in [2.05, 4.69) is 13.8 Å². The third kappa shape index (κ3) is 2.69. The first-order valence-electron chi connectivity index (χ1n) is 5.19. The molecule has 0 aliphatic heterocycles. The second-order valence-corrected chi connectivity index (χ2v) is 3.81. The molecular formula is C12H18FNO. The van der Waals surface area contributed by atoms with E-state index in [0.29, 0.717) is 5.92 Å². The lowest BCUT2D eigenvalue weighted by atomic mass is 9.93. The van der Waals surface area contributed by atoms with Gasteiger partial charge in [-0.25, -0.2) is 4.39 Å². The molecule has 15 heavy (non-hydrogen) atoms. The van der Waals surface area contributed by atoms with Crippen LogP contribution in [0.4, 0.5) is 4.39 Å². The van der Waals surface area contributed by atoms with E-state index in [4.69, 9.17) is 10.5 Å². The average molecular weight is 211 g/mol. The molecule has 0 spiro atoms. The Kier molecular flexibility index (Phi) is 4.09. The van der Waals surface area contributed by atoms with Gasteiger partial charge >= 0.3 is 0 Å². The van der Waals surface area contributed by atoms with E-state index in [-0.39, 0.29) is 17.6 Å². The van der Waals surface area contributed by atoms with Gasteiger partial charge in [0.1, 0.15) is 0 Å². The van der Waals surface area contributed by atoms with Gasteiger partial charge in [0, 0.05) is 6.04 Å². The number of halogens is 1. The van der Waals surface area contributed by atoms with Crippen LogP contribution < -0.4 is 10.5 Å². The Bertz CT molecular complexity index is 327. The molecule has 3 heteroatoms. The van der Waals surface area contributed by atoms with E-state index in [1.807, 2.05) is 0 Å². The summed E-state index contributed by atoms with van der Waals surface area (Å²) in [6.45, 7) is 4.17. The maximum Gasteiger partial charge on any atom is 0.165 e. The monoisotopic (exact) mass is 211 g/mol. The minimum Gasteiger partial charge on any atom is -0.494 e. The SMILES string of the molecule is CCC(C)[C@H](N)c1ccc(F)c(OC)c1. The van der Waals surface area contributed by atoms with Crippen molar-refractivity contribution < 1.29 is 9.13 Å². The normalized spacial score (nSPS) is 14.7. The van der Waals surface area contributed by atoms with E-state index < -0.39 is 0 Å². The van der Waals surface area contributed by atoms with Crippen LogP contribution >= 0.6 is 0 Å². The lowest BCUT2D eigenvalue weighted by Gasteiger charge is -2.19. The topological polar surface area (TPSA) is 35.2 Å². The highest BCUT2D eigenvalue weighted by Crippen LogP contribution is 2.26. The first kappa shape index (κ1) is 12.0. The van der Waals surface area contributed by atoms with Crippen molar-refractivity contribution in [1.82, 2.24) is 0 Å². The number of benzene rings is 1. The maximum absolute atomic E-state index is 13.2. The summed E-state index contributed by atoms with van der Waals surface area (Å²) < 4.78 is 18.1. The Morgan fingerprint density at radius 3 is 2.67 bits per heavy atom. The Labute approximate surface area is 90.2 Å². The molecule has 2 N–H and O–H groups in total. The summed E-state index contributed by atoms with van der Waals surface area (Å²) in [7, 11) is 1.46. The molecule has 0 aliphatic carbocycles. The van der Waals surface area contributed by atoms with Crippen LogP contribution in [-0.4, -0.2) is 7.11 Å². The number of nitrogens with two attached hydrogens (primary N) is 1. The summed E-state index contributed by atoms with van der Waals surface area (Å²) in [5.74, 6) is 0.282.